The van der Waals surface area contributed by atoms with Crippen molar-refractivity contribution in [2.45, 2.75) is 57.4 Å². The Morgan fingerprint density at radius 1 is 1.17 bits per heavy atom. The number of carbonyl (C=O) groups excluding carboxylic acids is 1. The summed E-state index contributed by atoms with van der Waals surface area (Å²) in [6.45, 7) is 3.75. The number of hydrogen-bond donors (Lipinski definition) is 1. The van der Waals surface area contributed by atoms with Gasteiger partial charge in [0.25, 0.3) is 0 Å². The second-order valence-corrected chi connectivity index (χ2v) is 7.56. The monoisotopic (exact) mass is 314 g/mol. The van der Waals surface area contributed by atoms with Crippen LogP contribution in [0.4, 0.5) is 0 Å². The Bertz CT molecular complexity index is 510. The molecule has 3 atom stereocenters. The molecule has 1 amide bonds. The molecule has 3 heteroatoms. The number of likely N-dealkylation sites (tertiary alicyclic amines) is 1. The second-order valence-electron chi connectivity index (χ2n) is 7.56. The smallest absolute Gasteiger partial charge is 0.222 e. The molecule has 1 heterocycles. The van der Waals surface area contributed by atoms with E-state index >= 15 is 0 Å². The molecule has 0 radical (unpaired) electrons. The van der Waals surface area contributed by atoms with Gasteiger partial charge in [0.15, 0.2) is 0 Å². The molecule has 1 saturated heterocycles. The Balaban J connectivity index is 1.56. The van der Waals surface area contributed by atoms with Gasteiger partial charge in [-0.25, -0.2) is 0 Å². The molecule has 1 aromatic rings. The van der Waals surface area contributed by atoms with Gasteiger partial charge in [-0.15, -0.1) is 0 Å². The molecule has 126 valence electrons. The highest BCUT2D eigenvalue weighted by atomic mass is 16.2. The Labute approximate surface area is 140 Å². The van der Waals surface area contributed by atoms with E-state index in [-0.39, 0.29) is 12.0 Å². The molecule has 1 aromatic carbocycles. The lowest BCUT2D eigenvalue weighted by atomic mass is 9.79. The highest BCUT2D eigenvalue weighted by Crippen LogP contribution is 2.33. The first-order chi connectivity index (χ1) is 11.1. The quantitative estimate of drug-likeness (QED) is 0.924. The number of hydrogen-bond acceptors (Lipinski definition) is 2. The van der Waals surface area contributed by atoms with Crippen LogP contribution in [0.25, 0.3) is 0 Å². The molecule has 0 spiro atoms. The van der Waals surface area contributed by atoms with E-state index in [9.17, 15) is 4.79 Å². The summed E-state index contributed by atoms with van der Waals surface area (Å²) in [4.78, 5) is 14.7. The lowest BCUT2D eigenvalue weighted by Crippen LogP contribution is -2.33. The predicted molar refractivity (Wildman–Crippen MR) is 94.1 cm³/mol. The van der Waals surface area contributed by atoms with Crippen molar-refractivity contribution in [2.75, 3.05) is 13.1 Å². The van der Waals surface area contributed by atoms with E-state index in [4.69, 9.17) is 5.73 Å². The molecule has 0 bridgehead atoms. The van der Waals surface area contributed by atoms with E-state index in [1.165, 1.54) is 37.7 Å². The van der Waals surface area contributed by atoms with Crippen LogP contribution in [0.15, 0.2) is 30.3 Å². The molecular formula is C20H30N2O. The predicted octanol–water partition coefficient (Wildman–Crippen LogP) is 3.55. The molecule has 2 N–H and O–H groups in total. The van der Waals surface area contributed by atoms with Crippen LogP contribution in [-0.2, 0) is 4.79 Å². The third-order valence-corrected chi connectivity index (χ3v) is 5.90. The molecular weight excluding hydrogens is 284 g/mol. The Morgan fingerprint density at radius 3 is 2.57 bits per heavy atom. The summed E-state index contributed by atoms with van der Waals surface area (Å²) < 4.78 is 0. The van der Waals surface area contributed by atoms with Crippen LogP contribution in [0, 0.1) is 11.8 Å². The lowest BCUT2D eigenvalue weighted by molar-refractivity contribution is -0.131. The van der Waals surface area contributed by atoms with Gasteiger partial charge in [-0.3, -0.25) is 4.79 Å². The largest absolute Gasteiger partial charge is 0.340 e. The van der Waals surface area contributed by atoms with Crippen molar-refractivity contribution < 1.29 is 4.79 Å². The van der Waals surface area contributed by atoms with Crippen molar-refractivity contribution in [3.63, 3.8) is 0 Å². The van der Waals surface area contributed by atoms with Crippen LogP contribution in [0.3, 0.4) is 0 Å². The summed E-state index contributed by atoms with van der Waals surface area (Å²) in [5.41, 5.74) is 7.58. The molecule has 23 heavy (non-hydrogen) atoms. The normalized spacial score (nSPS) is 27.1. The van der Waals surface area contributed by atoms with Crippen molar-refractivity contribution in [3.05, 3.63) is 35.9 Å². The number of carbonyl (C=O) groups is 1. The Kier molecular flexibility index (Phi) is 5.37. The maximum atomic E-state index is 12.7. The van der Waals surface area contributed by atoms with Crippen molar-refractivity contribution >= 4 is 5.91 Å². The van der Waals surface area contributed by atoms with Gasteiger partial charge >= 0.3 is 0 Å². The van der Waals surface area contributed by atoms with Crippen molar-refractivity contribution in [3.8, 4) is 0 Å². The summed E-state index contributed by atoms with van der Waals surface area (Å²) in [6, 6.07) is 10.5. The number of nitrogens with zero attached hydrogens (tertiary/aromatic N) is 1. The van der Waals surface area contributed by atoms with Gasteiger partial charge in [0.05, 0.1) is 0 Å². The average molecular weight is 314 g/mol. The zero-order valence-corrected chi connectivity index (χ0v) is 14.3. The number of rotatable bonds is 4. The van der Waals surface area contributed by atoms with E-state index in [2.05, 4.69) is 31.2 Å². The summed E-state index contributed by atoms with van der Waals surface area (Å²) in [6.07, 6.45) is 7.36. The van der Waals surface area contributed by atoms with E-state index in [0.29, 0.717) is 24.8 Å². The van der Waals surface area contributed by atoms with E-state index < -0.39 is 0 Å². The van der Waals surface area contributed by atoms with Crippen LogP contribution >= 0.6 is 0 Å². The fourth-order valence-corrected chi connectivity index (χ4v) is 4.36. The Morgan fingerprint density at radius 2 is 1.87 bits per heavy atom. The van der Waals surface area contributed by atoms with Gasteiger partial charge in [0, 0.05) is 31.5 Å². The first-order valence-corrected chi connectivity index (χ1v) is 9.23. The third kappa shape index (κ3) is 3.95. The molecule has 2 aliphatic rings. The van der Waals surface area contributed by atoms with Gasteiger partial charge < -0.3 is 10.6 Å². The highest BCUT2D eigenvalue weighted by Gasteiger charge is 2.34. The van der Waals surface area contributed by atoms with Gasteiger partial charge in [0.1, 0.15) is 0 Å². The van der Waals surface area contributed by atoms with Crippen molar-refractivity contribution in [1.29, 1.82) is 0 Å². The average Bonchev–Trinajstić information content (AvgIpc) is 2.98. The summed E-state index contributed by atoms with van der Waals surface area (Å²) in [7, 11) is 0. The maximum Gasteiger partial charge on any atom is 0.222 e. The third-order valence-electron chi connectivity index (χ3n) is 5.90. The van der Waals surface area contributed by atoms with E-state index in [0.717, 1.165) is 12.5 Å². The minimum absolute atomic E-state index is 0.0614. The zero-order chi connectivity index (χ0) is 16.2. The molecule has 0 aromatic heterocycles. The minimum Gasteiger partial charge on any atom is -0.340 e. The van der Waals surface area contributed by atoms with Crippen LogP contribution in [0.5, 0.6) is 0 Å². The zero-order valence-electron chi connectivity index (χ0n) is 14.3. The van der Waals surface area contributed by atoms with Crippen molar-refractivity contribution in [2.24, 2.45) is 17.6 Å². The van der Waals surface area contributed by atoms with Gasteiger partial charge in [-0.1, -0.05) is 69.4 Å². The topological polar surface area (TPSA) is 46.3 Å². The van der Waals surface area contributed by atoms with E-state index in [1.807, 2.05) is 11.0 Å². The van der Waals surface area contributed by atoms with Gasteiger partial charge in [0.2, 0.25) is 5.91 Å². The molecule has 1 aliphatic carbocycles. The van der Waals surface area contributed by atoms with E-state index in [1.54, 1.807) is 0 Å². The van der Waals surface area contributed by atoms with Crippen molar-refractivity contribution in [1.82, 2.24) is 4.90 Å². The lowest BCUT2D eigenvalue weighted by Gasteiger charge is -2.28. The maximum absolute atomic E-state index is 12.7. The number of benzene rings is 1. The second kappa shape index (κ2) is 7.48. The molecule has 3 nitrogen and oxygen atoms in total. The molecule has 2 fully saturated rings. The first kappa shape index (κ1) is 16.5. The molecule has 1 saturated carbocycles. The number of nitrogens with two attached hydrogens (primary N) is 1. The SMILES string of the molecule is CC(CC(=O)N1C[C@@H](N)[C@H](c2ccccc2)C1)C1CCCCC1. The number of amides is 1. The summed E-state index contributed by atoms with van der Waals surface area (Å²) >= 11 is 0. The first-order valence-electron chi connectivity index (χ1n) is 9.23. The highest BCUT2D eigenvalue weighted by molar-refractivity contribution is 5.77. The minimum atomic E-state index is 0.0614. The standard InChI is InChI=1S/C20H30N2O/c1-15(16-8-4-2-5-9-16)12-20(23)22-13-18(19(21)14-22)17-10-6-3-7-11-17/h3,6-7,10-11,15-16,18-19H,2,4-5,8-9,12-14,21H2,1H3/t15?,18-,19+/m0/s1. The summed E-state index contributed by atoms with van der Waals surface area (Å²) in [5, 5.41) is 0. The fraction of sp³-hybridized carbons (Fsp3) is 0.650. The van der Waals surface area contributed by atoms with Gasteiger partial charge in [-0.05, 0) is 17.4 Å². The Hall–Kier alpha value is -1.35. The van der Waals surface area contributed by atoms with Crippen LogP contribution in [0.2, 0.25) is 0 Å². The molecule has 3 rings (SSSR count). The van der Waals surface area contributed by atoms with Crippen LogP contribution < -0.4 is 5.73 Å². The fourth-order valence-electron chi connectivity index (χ4n) is 4.36. The summed E-state index contributed by atoms with van der Waals surface area (Å²) in [5.74, 6) is 1.84. The van der Waals surface area contributed by atoms with Gasteiger partial charge in [-0.2, -0.15) is 0 Å². The van der Waals surface area contributed by atoms with Crippen LogP contribution in [-0.4, -0.2) is 29.9 Å². The van der Waals surface area contributed by atoms with Crippen LogP contribution in [0.1, 0.15) is 56.9 Å². The molecule has 1 aliphatic heterocycles. The molecule has 1 unspecified atom stereocenters.